The Kier molecular flexibility index (Phi) is 6.87. The van der Waals surface area contributed by atoms with E-state index in [0.717, 1.165) is 37.6 Å². The Labute approximate surface area is 132 Å². The molecule has 0 radical (unpaired) electrons. The molecule has 21 heavy (non-hydrogen) atoms. The first kappa shape index (κ1) is 17.7. The number of nitrogens with zero attached hydrogens (tertiary/aromatic N) is 3. The molecule has 7 heteroatoms. The fourth-order valence-corrected chi connectivity index (χ4v) is 2.21. The molecule has 0 saturated carbocycles. The molecule has 0 bridgehead atoms. The minimum absolute atomic E-state index is 0. The number of amides is 1. The minimum Gasteiger partial charge on any atom is -0.354 e. The van der Waals surface area contributed by atoms with Crippen LogP contribution < -0.4 is 16.0 Å². The maximum absolute atomic E-state index is 11.6. The third-order valence-electron chi connectivity index (χ3n) is 3.54. The van der Waals surface area contributed by atoms with Crippen molar-refractivity contribution in [3.05, 3.63) is 23.9 Å². The van der Waals surface area contributed by atoms with Gasteiger partial charge in [0, 0.05) is 44.5 Å². The average molecular weight is 314 g/mol. The third-order valence-corrected chi connectivity index (χ3v) is 3.54. The molecule has 1 aromatic rings. The van der Waals surface area contributed by atoms with Crippen molar-refractivity contribution in [3.63, 3.8) is 0 Å². The highest BCUT2D eigenvalue weighted by Gasteiger charge is 2.18. The molecule has 0 aromatic carbocycles. The Morgan fingerprint density at radius 2 is 2.10 bits per heavy atom. The summed E-state index contributed by atoms with van der Waals surface area (Å²) in [6.45, 7) is 6.13. The molecular weight excluding hydrogens is 290 g/mol. The molecule has 2 heterocycles. The monoisotopic (exact) mass is 313 g/mol. The zero-order valence-corrected chi connectivity index (χ0v) is 13.4. The van der Waals surface area contributed by atoms with E-state index in [-0.39, 0.29) is 18.3 Å². The van der Waals surface area contributed by atoms with Gasteiger partial charge in [-0.25, -0.2) is 4.98 Å². The zero-order valence-electron chi connectivity index (χ0n) is 12.6. The molecular formula is C14H24ClN5O. The van der Waals surface area contributed by atoms with E-state index in [1.165, 1.54) is 0 Å². The predicted molar refractivity (Wildman–Crippen MR) is 86.7 cm³/mol. The summed E-state index contributed by atoms with van der Waals surface area (Å²) in [5, 5.41) is 2.85. The van der Waals surface area contributed by atoms with Gasteiger partial charge in [0.15, 0.2) is 0 Å². The van der Waals surface area contributed by atoms with Gasteiger partial charge in [-0.2, -0.15) is 0 Å². The van der Waals surface area contributed by atoms with E-state index in [9.17, 15) is 4.79 Å². The summed E-state index contributed by atoms with van der Waals surface area (Å²) in [7, 11) is 2.12. The zero-order chi connectivity index (χ0) is 14.5. The van der Waals surface area contributed by atoms with Crippen molar-refractivity contribution in [1.29, 1.82) is 0 Å². The van der Waals surface area contributed by atoms with Gasteiger partial charge in [-0.1, -0.05) is 6.07 Å². The first-order chi connectivity index (χ1) is 9.58. The number of hydrogen-bond acceptors (Lipinski definition) is 5. The molecule has 1 saturated heterocycles. The van der Waals surface area contributed by atoms with Gasteiger partial charge in [0.1, 0.15) is 5.82 Å². The summed E-state index contributed by atoms with van der Waals surface area (Å²) in [4.78, 5) is 20.6. The lowest BCUT2D eigenvalue weighted by Crippen LogP contribution is -2.45. The number of hydrogen-bond donors (Lipinski definition) is 2. The maximum Gasteiger partial charge on any atom is 0.236 e. The van der Waals surface area contributed by atoms with Crippen LogP contribution in [0.2, 0.25) is 0 Å². The van der Waals surface area contributed by atoms with Gasteiger partial charge in [0.05, 0.1) is 6.04 Å². The lowest BCUT2D eigenvalue weighted by molar-refractivity contribution is -0.122. The molecule has 3 N–H and O–H groups in total. The molecule has 1 amide bonds. The van der Waals surface area contributed by atoms with E-state index in [0.29, 0.717) is 6.54 Å². The highest BCUT2D eigenvalue weighted by Crippen LogP contribution is 2.18. The first-order valence-electron chi connectivity index (χ1n) is 6.98. The van der Waals surface area contributed by atoms with E-state index in [2.05, 4.69) is 27.1 Å². The fourth-order valence-electron chi connectivity index (χ4n) is 2.21. The van der Waals surface area contributed by atoms with E-state index in [1.54, 1.807) is 13.1 Å². The molecule has 1 aliphatic heterocycles. The first-order valence-corrected chi connectivity index (χ1v) is 6.98. The van der Waals surface area contributed by atoms with Crippen LogP contribution in [-0.2, 0) is 11.3 Å². The molecule has 1 aliphatic rings. The Hall–Kier alpha value is -1.37. The normalized spacial score (nSPS) is 17.0. The van der Waals surface area contributed by atoms with Crippen molar-refractivity contribution >= 4 is 24.1 Å². The van der Waals surface area contributed by atoms with Crippen LogP contribution in [-0.4, -0.2) is 55.1 Å². The van der Waals surface area contributed by atoms with Crippen molar-refractivity contribution in [2.24, 2.45) is 5.73 Å². The number of rotatable bonds is 4. The van der Waals surface area contributed by atoms with Crippen LogP contribution in [0.1, 0.15) is 12.5 Å². The van der Waals surface area contributed by atoms with Crippen LogP contribution in [0.15, 0.2) is 18.3 Å². The van der Waals surface area contributed by atoms with Crippen molar-refractivity contribution in [2.75, 3.05) is 38.1 Å². The van der Waals surface area contributed by atoms with Gasteiger partial charge < -0.3 is 20.9 Å². The summed E-state index contributed by atoms with van der Waals surface area (Å²) in [6, 6.07) is 3.41. The van der Waals surface area contributed by atoms with Crippen molar-refractivity contribution in [2.45, 2.75) is 19.5 Å². The van der Waals surface area contributed by atoms with Crippen molar-refractivity contribution < 1.29 is 4.79 Å². The Morgan fingerprint density at radius 1 is 1.43 bits per heavy atom. The summed E-state index contributed by atoms with van der Waals surface area (Å²) >= 11 is 0. The summed E-state index contributed by atoms with van der Waals surface area (Å²) in [5.41, 5.74) is 6.59. The summed E-state index contributed by atoms with van der Waals surface area (Å²) < 4.78 is 0. The second-order valence-corrected chi connectivity index (χ2v) is 5.28. The smallest absolute Gasteiger partial charge is 0.236 e. The van der Waals surface area contributed by atoms with Crippen LogP contribution in [0.25, 0.3) is 0 Å². The standard InChI is InChI=1S/C14H23N5O.ClH/c1-11(15)14(20)17-10-12-4-3-5-16-13(12)19-8-6-18(2)7-9-19;/h3-5,11H,6-10,15H2,1-2H3,(H,17,20);1H. The van der Waals surface area contributed by atoms with Crippen LogP contribution in [0.4, 0.5) is 5.82 Å². The predicted octanol–water partition coefficient (Wildman–Crippen LogP) is 0.219. The van der Waals surface area contributed by atoms with Crippen molar-refractivity contribution in [1.82, 2.24) is 15.2 Å². The second-order valence-electron chi connectivity index (χ2n) is 5.28. The summed E-state index contributed by atoms with van der Waals surface area (Å²) in [5.74, 6) is 0.823. The quantitative estimate of drug-likeness (QED) is 0.832. The Morgan fingerprint density at radius 3 is 2.71 bits per heavy atom. The number of likely N-dealkylation sites (N-methyl/N-ethyl adjacent to an activating group) is 1. The number of nitrogens with two attached hydrogens (primary N) is 1. The van der Waals surface area contributed by atoms with E-state index in [4.69, 9.17) is 5.73 Å². The molecule has 1 unspecified atom stereocenters. The number of anilines is 1. The van der Waals surface area contributed by atoms with E-state index in [1.807, 2.05) is 12.1 Å². The maximum atomic E-state index is 11.6. The SMILES string of the molecule is CC(N)C(=O)NCc1cccnc1N1CCN(C)CC1.Cl. The fraction of sp³-hybridized carbons (Fsp3) is 0.571. The van der Waals surface area contributed by atoms with Crippen LogP contribution >= 0.6 is 12.4 Å². The van der Waals surface area contributed by atoms with Crippen molar-refractivity contribution in [3.8, 4) is 0 Å². The van der Waals surface area contributed by atoms with Crippen LogP contribution in [0.3, 0.4) is 0 Å². The molecule has 6 nitrogen and oxygen atoms in total. The van der Waals surface area contributed by atoms with Gasteiger partial charge >= 0.3 is 0 Å². The van der Waals surface area contributed by atoms with Gasteiger partial charge in [-0.05, 0) is 20.0 Å². The molecule has 2 rings (SSSR count). The van der Waals surface area contributed by atoms with E-state index >= 15 is 0 Å². The average Bonchev–Trinajstić information content (AvgIpc) is 2.46. The number of nitrogens with one attached hydrogen (secondary N) is 1. The summed E-state index contributed by atoms with van der Waals surface area (Å²) in [6.07, 6.45) is 1.80. The molecule has 0 aliphatic carbocycles. The largest absolute Gasteiger partial charge is 0.354 e. The lowest BCUT2D eigenvalue weighted by atomic mass is 10.2. The molecule has 0 spiro atoms. The molecule has 1 fully saturated rings. The minimum atomic E-state index is -0.487. The number of piperazine rings is 1. The van der Waals surface area contributed by atoms with Crippen LogP contribution in [0, 0.1) is 0 Å². The highest BCUT2D eigenvalue weighted by atomic mass is 35.5. The van der Waals surface area contributed by atoms with Gasteiger partial charge in [0.2, 0.25) is 5.91 Å². The van der Waals surface area contributed by atoms with Gasteiger partial charge in [-0.3, -0.25) is 4.79 Å². The molecule has 1 atom stereocenters. The Balaban J connectivity index is 0.00000220. The van der Waals surface area contributed by atoms with Gasteiger partial charge in [-0.15, -0.1) is 12.4 Å². The number of pyridine rings is 1. The Bertz CT molecular complexity index is 460. The second kappa shape index (κ2) is 8.17. The molecule has 1 aromatic heterocycles. The number of carbonyl (C=O) groups excluding carboxylic acids is 1. The topological polar surface area (TPSA) is 74.5 Å². The molecule has 118 valence electrons. The van der Waals surface area contributed by atoms with Gasteiger partial charge in [0.25, 0.3) is 0 Å². The van der Waals surface area contributed by atoms with E-state index < -0.39 is 6.04 Å². The lowest BCUT2D eigenvalue weighted by Gasteiger charge is -2.34. The van der Waals surface area contributed by atoms with Crippen LogP contribution in [0.5, 0.6) is 0 Å². The number of aromatic nitrogens is 1. The number of halogens is 1. The highest BCUT2D eigenvalue weighted by molar-refractivity contribution is 5.85. The third kappa shape index (κ3) is 4.84. The number of carbonyl (C=O) groups is 1.